The van der Waals surface area contributed by atoms with Crippen LogP contribution in [0.4, 0.5) is 0 Å². The van der Waals surface area contributed by atoms with Crippen molar-refractivity contribution in [2.24, 2.45) is 16.2 Å². The highest BCUT2D eigenvalue weighted by Crippen LogP contribution is 2.39. The van der Waals surface area contributed by atoms with Crippen LogP contribution >= 0.6 is 0 Å². The van der Waals surface area contributed by atoms with E-state index in [4.69, 9.17) is 28.4 Å². The lowest BCUT2D eigenvalue weighted by Gasteiger charge is -2.48. The lowest BCUT2D eigenvalue weighted by Crippen LogP contribution is -2.57. The molecule has 2 heterocycles. The molecule has 0 bridgehead atoms. The van der Waals surface area contributed by atoms with Gasteiger partial charge in [0.15, 0.2) is 12.6 Å². The lowest BCUT2D eigenvalue weighted by atomic mass is 9.86. The average Bonchev–Trinajstić information content (AvgIpc) is 3.00. The predicted octanol–water partition coefficient (Wildman–Crippen LogP) is 2.75. The van der Waals surface area contributed by atoms with Crippen molar-refractivity contribution in [1.29, 1.82) is 0 Å². The summed E-state index contributed by atoms with van der Waals surface area (Å²) >= 11 is 0. The topological polar surface area (TPSA) is 148 Å². The number of rotatable bonds is 12. The Morgan fingerprint density at radius 3 is 1.23 bits per heavy atom. The molecular formula is C29H42N2O10S2. The molecule has 0 unspecified atom stereocenters. The van der Waals surface area contributed by atoms with Crippen LogP contribution in [0.5, 0.6) is 11.5 Å². The first-order valence-corrected chi connectivity index (χ1v) is 16.9. The maximum Gasteiger partial charge on any atom is 0.240 e. The summed E-state index contributed by atoms with van der Waals surface area (Å²) in [7, 11) is -4.30. The first kappa shape index (κ1) is 33.6. The predicted molar refractivity (Wildman–Crippen MR) is 158 cm³/mol. The zero-order valence-electron chi connectivity index (χ0n) is 25.4. The molecule has 1 spiro atoms. The first-order chi connectivity index (χ1) is 20.1. The van der Waals surface area contributed by atoms with E-state index < -0.39 is 48.9 Å². The summed E-state index contributed by atoms with van der Waals surface area (Å²) < 4.78 is 88.8. The minimum atomic E-state index is -3.51. The van der Waals surface area contributed by atoms with E-state index in [0.717, 1.165) is 0 Å². The Morgan fingerprint density at radius 2 is 0.953 bits per heavy atom. The molecule has 2 N–H and O–H groups in total. The average molecular weight is 643 g/mol. The molecular weight excluding hydrogens is 600 g/mol. The molecule has 2 aromatic rings. The van der Waals surface area contributed by atoms with Gasteiger partial charge >= 0.3 is 0 Å². The molecule has 0 aromatic heterocycles. The quantitative estimate of drug-likeness (QED) is 0.354. The number of benzene rings is 2. The van der Waals surface area contributed by atoms with Gasteiger partial charge in [-0.25, -0.2) is 26.3 Å². The molecule has 0 aliphatic carbocycles. The van der Waals surface area contributed by atoms with E-state index in [1.807, 2.05) is 27.7 Å². The fraction of sp³-hybridized carbons (Fsp3) is 0.586. The second kappa shape index (κ2) is 13.0. The number of nitrogens with one attached hydrogen (secondary N) is 2. The second-order valence-corrected chi connectivity index (χ2v) is 16.1. The molecule has 2 aliphatic rings. The van der Waals surface area contributed by atoms with Crippen molar-refractivity contribution in [1.82, 2.24) is 9.44 Å². The third kappa shape index (κ3) is 8.05. The minimum absolute atomic E-state index is 0.163. The third-order valence-electron chi connectivity index (χ3n) is 7.47. The monoisotopic (exact) mass is 642 g/mol. The Morgan fingerprint density at radius 1 is 0.651 bits per heavy atom. The van der Waals surface area contributed by atoms with Gasteiger partial charge in [0.1, 0.15) is 11.5 Å². The summed E-state index contributed by atoms with van der Waals surface area (Å²) in [5, 5.41) is 0. The zero-order chi connectivity index (χ0) is 31.5. The Labute approximate surface area is 254 Å². The normalized spacial score (nSPS) is 23.7. The number of hydrogen-bond acceptors (Lipinski definition) is 10. The van der Waals surface area contributed by atoms with Crippen LogP contribution in [0.15, 0.2) is 58.3 Å². The molecule has 0 saturated carbocycles. The summed E-state index contributed by atoms with van der Waals surface area (Å²) in [5.74, 6) is 1.08. The van der Waals surface area contributed by atoms with Crippen molar-refractivity contribution >= 4 is 20.0 Å². The van der Waals surface area contributed by atoms with Gasteiger partial charge in [-0.2, -0.15) is 0 Å². The summed E-state index contributed by atoms with van der Waals surface area (Å²) in [6.07, 6.45) is -1.03. The number of ether oxygens (including phenoxy) is 6. The molecule has 2 fully saturated rings. The van der Waals surface area contributed by atoms with E-state index in [1.54, 1.807) is 24.3 Å². The highest BCUT2D eigenvalue weighted by atomic mass is 32.2. The summed E-state index contributed by atoms with van der Waals surface area (Å²) in [4.78, 5) is 0.325. The number of hydrogen-bond donors (Lipinski definition) is 2. The van der Waals surface area contributed by atoms with E-state index in [0.29, 0.717) is 51.1 Å². The van der Waals surface area contributed by atoms with Crippen LogP contribution in [-0.2, 0) is 39.0 Å². The molecule has 0 atom stereocenters. The van der Waals surface area contributed by atoms with Gasteiger partial charge < -0.3 is 28.4 Å². The largest absolute Gasteiger partial charge is 0.493 e. The van der Waals surface area contributed by atoms with Crippen LogP contribution in [0.3, 0.4) is 0 Å². The van der Waals surface area contributed by atoms with Gasteiger partial charge in [0.05, 0.1) is 54.8 Å². The summed E-state index contributed by atoms with van der Waals surface area (Å²) in [5.41, 5.74) is -1.43. The van der Waals surface area contributed by atoms with Crippen molar-refractivity contribution in [2.45, 2.75) is 50.1 Å². The maximum absolute atomic E-state index is 11.9. The van der Waals surface area contributed by atoms with Crippen LogP contribution in [0.1, 0.15) is 27.7 Å². The molecule has 0 amide bonds. The Bertz CT molecular complexity index is 1310. The third-order valence-corrected chi connectivity index (χ3v) is 10.3. The van der Waals surface area contributed by atoms with E-state index in [1.165, 1.54) is 38.4 Å². The van der Waals surface area contributed by atoms with Crippen molar-refractivity contribution in [2.75, 3.05) is 53.7 Å². The Balaban J connectivity index is 1.23. The molecule has 2 saturated heterocycles. The van der Waals surface area contributed by atoms with Crippen LogP contribution in [-0.4, -0.2) is 83.2 Å². The van der Waals surface area contributed by atoms with Crippen molar-refractivity contribution in [3.05, 3.63) is 48.5 Å². The summed E-state index contributed by atoms with van der Waals surface area (Å²) in [6.45, 7) is 10.1. The highest BCUT2D eigenvalue weighted by molar-refractivity contribution is 7.89. The first-order valence-electron chi connectivity index (χ1n) is 13.9. The van der Waals surface area contributed by atoms with Gasteiger partial charge in [-0.05, 0) is 62.6 Å². The van der Waals surface area contributed by atoms with Crippen molar-refractivity contribution in [3.63, 3.8) is 0 Å². The van der Waals surface area contributed by atoms with E-state index in [9.17, 15) is 16.8 Å². The van der Waals surface area contributed by atoms with Gasteiger partial charge in [0, 0.05) is 10.8 Å². The SMILES string of the molecule is CNS(=O)(=O)c1ccc(OCC(C)(C)C2OCC3(CO2)COC(C(C)(C)COc2ccc(S(=O)(=O)NC)cc2)OC3)cc1. The highest BCUT2D eigenvalue weighted by Gasteiger charge is 2.48. The van der Waals surface area contributed by atoms with Gasteiger partial charge in [-0.3, -0.25) is 0 Å². The minimum Gasteiger partial charge on any atom is -0.493 e. The molecule has 12 nitrogen and oxygen atoms in total. The van der Waals surface area contributed by atoms with Crippen LogP contribution in [0.25, 0.3) is 0 Å². The maximum atomic E-state index is 11.9. The Hall–Kier alpha value is -2.30. The second-order valence-electron chi connectivity index (χ2n) is 12.3. The molecule has 0 radical (unpaired) electrons. The standard InChI is InChI=1S/C29H42N2O10S2/c1-27(2,15-36-21-7-11-23(12-8-21)42(32,33)30-5)25-38-17-29(18-39-25)19-40-26(41-20-29)28(3,4)16-37-22-9-13-24(14-10-22)43(34,35)31-6/h7-14,25-26,30-31H,15-20H2,1-6H3. The van der Waals surface area contributed by atoms with E-state index >= 15 is 0 Å². The van der Waals surface area contributed by atoms with Crippen molar-refractivity contribution < 1.29 is 45.3 Å². The number of sulfonamides is 2. The van der Waals surface area contributed by atoms with E-state index in [2.05, 4.69) is 9.44 Å². The Kier molecular flexibility index (Phi) is 10.1. The molecule has 2 aromatic carbocycles. The van der Waals surface area contributed by atoms with Crippen LogP contribution in [0.2, 0.25) is 0 Å². The fourth-order valence-electron chi connectivity index (χ4n) is 4.60. The molecule has 240 valence electrons. The molecule has 43 heavy (non-hydrogen) atoms. The van der Waals surface area contributed by atoms with Crippen molar-refractivity contribution in [3.8, 4) is 11.5 Å². The lowest BCUT2D eigenvalue weighted by molar-refractivity contribution is -0.336. The van der Waals surface area contributed by atoms with Gasteiger partial charge in [0.2, 0.25) is 20.0 Å². The smallest absolute Gasteiger partial charge is 0.240 e. The fourth-order valence-corrected chi connectivity index (χ4v) is 6.06. The molecule has 4 rings (SSSR count). The summed E-state index contributed by atoms with van der Waals surface area (Å²) in [6, 6.07) is 12.4. The molecule has 14 heteroatoms. The van der Waals surface area contributed by atoms with E-state index in [-0.39, 0.29) is 9.79 Å². The van der Waals surface area contributed by atoms with Crippen LogP contribution in [0, 0.1) is 16.2 Å². The van der Waals surface area contributed by atoms with Crippen LogP contribution < -0.4 is 18.9 Å². The van der Waals surface area contributed by atoms with Gasteiger partial charge in [-0.1, -0.05) is 27.7 Å². The van der Waals surface area contributed by atoms with Gasteiger partial charge in [0.25, 0.3) is 0 Å². The zero-order valence-corrected chi connectivity index (χ0v) is 27.0. The van der Waals surface area contributed by atoms with Gasteiger partial charge in [-0.15, -0.1) is 0 Å². The molecule has 2 aliphatic heterocycles.